The minimum atomic E-state index is 0.536. The molecule has 0 bridgehead atoms. The van der Waals surface area contributed by atoms with Gasteiger partial charge in [-0.15, -0.1) is 11.3 Å². The second-order valence-corrected chi connectivity index (χ2v) is 5.88. The molecule has 2 nitrogen and oxygen atoms in total. The van der Waals surface area contributed by atoms with Crippen molar-refractivity contribution in [3.05, 3.63) is 38.1 Å². The van der Waals surface area contributed by atoms with E-state index in [1.165, 1.54) is 11.3 Å². The number of nitrogens with zero attached hydrogens (tertiary/aromatic N) is 1. The zero-order valence-corrected chi connectivity index (χ0v) is 12.1. The zero-order chi connectivity index (χ0) is 12.6. The number of hydrogen-bond acceptors (Lipinski definition) is 3. The Balaban J connectivity index is 2.69. The summed E-state index contributed by atoms with van der Waals surface area (Å²) in [7, 11) is 0. The fourth-order valence-corrected chi connectivity index (χ4v) is 3.22. The summed E-state index contributed by atoms with van der Waals surface area (Å²) >= 11 is 11.0. The maximum Gasteiger partial charge on any atom is 0.128 e. The molecule has 0 aliphatic rings. The lowest BCUT2D eigenvalue weighted by Crippen LogP contribution is -1.87. The van der Waals surface area contributed by atoms with E-state index in [0.29, 0.717) is 15.6 Å². The fraction of sp³-hybridized carbons (Fsp3) is 0.0833. The summed E-state index contributed by atoms with van der Waals surface area (Å²) in [6, 6.07) is 7.73. The van der Waals surface area contributed by atoms with Crippen LogP contribution in [0.2, 0.25) is 5.02 Å². The van der Waals surface area contributed by atoms with Crippen molar-refractivity contribution in [3.63, 3.8) is 0 Å². The third kappa shape index (κ3) is 2.19. The standard InChI is InChI=1S/C12H8BrClN2S/c1-6-11(16)10(5-15)17-12(6)8-4-7(13)2-3-9(8)14/h2-4H,16H2,1H3. The monoisotopic (exact) mass is 326 g/mol. The first-order chi connectivity index (χ1) is 8.04. The van der Waals surface area contributed by atoms with Crippen LogP contribution in [0.15, 0.2) is 22.7 Å². The van der Waals surface area contributed by atoms with E-state index in [2.05, 4.69) is 22.0 Å². The van der Waals surface area contributed by atoms with Crippen LogP contribution in [0.1, 0.15) is 10.4 Å². The van der Waals surface area contributed by atoms with Crippen molar-refractivity contribution in [1.82, 2.24) is 0 Å². The van der Waals surface area contributed by atoms with Crippen molar-refractivity contribution in [2.45, 2.75) is 6.92 Å². The Hall–Kier alpha value is -1.02. The van der Waals surface area contributed by atoms with Gasteiger partial charge in [-0.3, -0.25) is 0 Å². The predicted molar refractivity (Wildman–Crippen MR) is 76.3 cm³/mol. The molecule has 2 N–H and O–H groups in total. The Kier molecular flexibility index (Phi) is 3.43. The van der Waals surface area contributed by atoms with Crippen LogP contribution in [-0.4, -0.2) is 0 Å². The minimum Gasteiger partial charge on any atom is -0.397 e. The van der Waals surface area contributed by atoms with Crippen molar-refractivity contribution in [1.29, 1.82) is 5.26 Å². The lowest BCUT2D eigenvalue weighted by atomic mass is 10.1. The van der Waals surface area contributed by atoms with E-state index in [1.54, 1.807) is 0 Å². The topological polar surface area (TPSA) is 49.8 Å². The van der Waals surface area contributed by atoms with E-state index in [1.807, 2.05) is 25.1 Å². The lowest BCUT2D eigenvalue weighted by molar-refractivity contribution is 1.49. The largest absolute Gasteiger partial charge is 0.397 e. The third-order valence-electron chi connectivity index (χ3n) is 2.47. The summed E-state index contributed by atoms with van der Waals surface area (Å²) in [5, 5.41) is 9.62. The number of nitriles is 1. The molecule has 5 heteroatoms. The molecule has 0 amide bonds. The number of hydrogen-bond donors (Lipinski definition) is 1. The number of halogens is 2. The molecule has 1 aromatic carbocycles. The molecule has 0 radical (unpaired) electrons. The molecule has 2 rings (SSSR count). The van der Waals surface area contributed by atoms with Crippen LogP contribution >= 0.6 is 38.9 Å². The summed E-state index contributed by atoms with van der Waals surface area (Å²) in [5.41, 5.74) is 8.23. The maximum atomic E-state index is 8.97. The molecule has 0 spiro atoms. The predicted octanol–water partition coefficient (Wildman–Crippen LogP) is 4.59. The van der Waals surface area contributed by atoms with Gasteiger partial charge in [0.15, 0.2) is 0 Å². The highest BCUT2D eigenvalue weighted by atomic mass is 79.9. The smallest absolute Gasteiger partial charge is 0.128 e. The van der Waals surface area contributed by atoms with Crippen molar-refractivity contribution in [3.8, 4) is 16.5 Å². The number of anilines is 1. The van der Waals surface area contributed by atoms with Crippen molar-refractivity contribution >= 4 is 44.6 Å². The second kappa shape index (κ2) is 4.69. The Bertz CT molecular complexity index is 628. The number of nitrogen functional groups attached to an aromatic ring is 1. The van der Waals surface area contributed by atoms with Crippen molar-refractivity contribution in [2.75, 3.05) is 5.73 Å². The van der Waals surface area contributed by atoms with E-state index in [9.17, 15) is 0 Å². The minimum absolute atomic E-state index is 0.536. The van der Waals surface area contributed by atoms with Gasteiger partial charge in [0.1, 0.15) is 10.9 Å². The molecule has 0 fully saturated rings. The zero-order valence-electron chi connectivity index (χ0n) is 8.92. The number of rotatable bonds is 1. The van der Waals surface area contributed by atoms with Gasteiger partial charge < -0.3 is 5.73 Å². The normalized spacial score (nSPS) is 10.2. The molecule has 0 saturated carbocycles. The maximum absolute atomic E-state index is 8.97. The van der Waals surface area contributed by atoms with Gasteiger partial charge in [0.05, 0.1) is 5.69 Å². The van der Waals surface area contributed by atoms with Crippen LogP contribution < -0.4 is 5.73 Å². The van der Waals surface area contributed by atoms with Crippen molar-refractivity contribution in [2.24, 2.45) is 0 Å². The Labute approximate surface area is 117 Å². The third-order valence-corrected chi connectivity index (χ3v) is 4.54. The van der Waals surface area contributed by atoms with Crippen LogP contribution in [0, 0.1) is 18.3 Å². The number of thiophene rings is 1. The molecular formula is C12H8BrClN2S. The van der Waals surface area contributed by atoms with Crippen LogP contribution in [0.3, 0.4) is 0 Å². The van der Waals surface area contributed by atoms with Crippen LogP contribution in [0.25, 0.3) is 10.4 Å². The fourth-order valence-electron chi connectivity index (χ4n) is 1.54. The molecule has 0 aliphatic heterocycles. The number of nitrogens with two attached hydrogens (primary N) is 1. The van der Waals surface area contributed by atoms with Gasteiger partial charge in [0.2, 0.25) is 0 Å². The highest BCUT2D eigenvalue weighted by molar-refractivity contribution is 9.10. The Morgan fingerprint density at radius 1 is 1.47 bits per heavy atom. The SMILES string of the molecule is Cc1c(-c2cc(Br)ccc2Cl)sc(C#N)c1N. The van der Waals surface area contributed by atoms with E-state index in [0.717, 1.165) is 20.5 Å². The van der Waals surface area contributed by atoms with Gasteiger partial charge in [-0.2, -0.15) is 5.26 Å². The average molecular weight is 328 g/mol. The van der Waals surface area contributed by atoms with Gasteiger partial charge in [-0.1, -0.05) is 27.5 Å². The van der Waals surface area contributed by atoms with Gasteiger partial charge in [0.25, 0.3) is 0 Å². The van der Waals surface area contributed by atoms with Gasteiger partial charge >= 0.3 is 0 Å². The highest BCUT2D eigenvalue weighted by Gasteiger charge is 2.15. The lowest BCUT2D eigenvalue weighted by Gasteiger charge is -2.04. The van der Waals surface area contributed by atoms with E-state index in [4.69, 9.17) is 22.6 Å². The summed E-state index contributed by atoms with van der Waals surface area (Å²) in [6.45, 7) is 1.90. The first kappa shape index (κ1) is 12.4. The summed E-state index contributed by atoms with van der Waals surface area (Å²) in [6.07, 6.45) is 0. The summed E-state index contributed by atoms with van der Waals surface area (Å²) in [4.78, 5) is 1.49. The van der Waals surface area contributed by atoms with E-state index < -0.39 is 0 Å². The molecule has 0 atom stereocenters. The highest BCUT2D eigenvalue weighted by Crippen LogP contribution is 2.41. The van der Waals surface area contributed by atoms with Crippen LogP contribution in [-0.2, 0) is 0 Å². The van der Waals surface area contributed by atoms with Crippen LogP contribution in [0.4, 0.5) is 5.69 Å². The molecule has 1 heterocycles. The first-order valence-corrected chi connectivity index (χ1v) is 6.77. The molecule has 0 saturated heterocycles. The second-order valence-electron chi connectivity index (χ2n) is 3.53. The quantitative estimate of drug-likeness (QED) is 0.832. The first-order valence-electron chi connectivity index (χ1n) is 4.79. The van der Waals surface area contributed by atoms with Gasteiger partial charge in [-0.05, 0) is 30.7 Å². The van der Waals surface area contributed by atoms with E-state index in [-0.39, 0.29) is 0 Å². The molecule has 2 aromatic rings. The van der Waals surface area contributed by atoms with Crippen molar-refractivity contribution < 1.29 is 0 Å². The summed E-state index contributed by atoms with van der Waals surface area (Å²) in [5.74, 6) is 0. The van der Waals surface area contributed by atoms with Gasteiger partial charge in [-0.25, -0.2) is 0 Å². The summed E-state index contributed by atoms with van der Waals surface area (Å²) < 4.78 is 0.946. The Morgan fingerprint density at radius 3 is 2.76 bits per heavy atom. The van der Waals surface area contributed by atoms with E-state index >= 15 is 0 Å². The average Bonchev–Trinajstić information content (AvgIpc) is 2.59. The molecule has 17 heavy (non-hydrogen) atoms. The number of benzene rings is 1. The molecule has 0 unspecified atom stereocenters. The molecule has 0 aliphatic carbocycles. The Morgan fingerprint density at radius 2 is 2.18 bits per heavy atom. The molecule has 1 aromatic heterocycles. The molecular weight excluding hydrogens is 320 g/mol. The molecule has 86 valence electrons. The van der Waals surface area contributed by atoms with Gasteiger partial charge in [0, 0.05) is 19.9 Å². The van der Waals surface area contributed by atoms with Crippen LogP contribution in [0.5, 0.6) is 0 Å².